The molecule has 4 aliphatic rings. The summed E-state index contributed by atoms with van der Waals surface area (Å²) in [7, 11) is 0. The second-order valence-corrected chi connectivity index (χ2v) is 10.2. The van der Waals surface area contributed by atoms with E-state index >= 15 is 0 Å². The Balaban J connectivity index is 0.000000511. The molecule has 214 valence electrons. The van der Waals surface area contributed by atoms with E-state index in [0.29, 0.717) is 0 Å². The second kappa shape index (κ2) is 12.8. The summed E-state index contributed by atoms with van der Waals surface area (Å²) >= 11 is 0. The molecule has 1 unspecified atom stereocenters. The van der Waals surface area contributed by atoms with Gasteiger partial charge in [0.25, 0.3) is 0 Å². The summed E-state index contributed by atoms with van der Waals surface area (Å²) in [6.07, 6.45) is 15.9. The van der Waals surface area contributed by atoms with Crippen molar-refractivity contribution in [2.45, 2.75) is 37.8 Å². The lowest BCUT2D eigenvalue weighted by atomic mass is 9.90. The Hall–Kier alpha value is -4.51. The van der Waals surface area contributed by atoms with Crippen LogP contribution in [0.3, 0.4) is 0 Å². The summed E-state index contributed by atoms with van der Waals surface area (Å²) in [6, 6.07) is 12.6. The van der Waals surface area contributed by atoms with Gasteiger partial charge < -0.3 is 19.8 Å². The third kappa shape index (κ3) is 6.63. The Morgan fingerprint density at radius 1 is 1.07 bits per heavy atom. The van der Waals surface area contributed by atoms with Gasteiger partial charge in [-0.2, -0.15) is 0 Å². The summed E-state index contributed by atoms with van der Waals surface area (Å²) in [5.41, 5.74) is 7.62. The highest BCUT2D eigenvalue weighted by atomic mass is 16.5. The number of carboxylic acids is 2. The molecule has 11 heteroatoms. The number of fused-ring (bicyclic) bond motifs is 1. The van der Waals surface area contributed by atoms with Crippen molar-refractivity contribution in [3.63, 3.8) is 0 Å². The molecule has 11 nitrogen and oxygen atoms in total. The number of hydrogen-bond acceptors (Lipinski definition) is 9. The first-order valence-corrected chi connectivity index (χ1v) is 13.8. The SMILES string of the molecule is C1=CCC23NN=NN2CCC=C(OCCCN2CCC(=Cc4ccc5ccccc5n4)CC2)C3=C1.O=C(O)C(=O)O. The van der Waals surface area contributed by atoms with Crippen molar-refractivity contribution >= 4 is 28.9 Å². The molecule has 1 aromatic carbocycles. The van der Waals surface area contributed by atoms with Crippen LogP contribution in [0.2, 0.25) is 0 Å². The first kappa shape index (κ1) is 28.0. The molecule has 1 atom stereocenters. The minimum Gasteiger partial charge on any atom is -0.493 e. The third-order valence-electron chi connectivity index (χ3n) is 7.55. The highest BCUT2D eigenvalue weighted by molar-refractivity contribution is 6.27. The van der Waals surface area contributed by atoms with Crippen LogP contribution in [-0.2, 0) is 14.3 Å². The van der Waals surface area contributed by atoms with Crippen LogP contribution in [0.5, 0.6) is 0 Å². The van der Waals surface area contributed by atoms with E-state index in [-0.39, 0.29) is 5.66 Å². The van der Waals surface area contributed by atoms with E-state index in [9.17, 15) is 0 Å². The number of ether oxygens (including phenoxy) is 1. The van der Waals surface area contributed by atoms with Crippen molar-refractivity contribution in [1.82, 2.24) is 20.3 Å². The molecule has 2 aromatic rings. The molecule has 0 bridgehead atoms. The van der Waals surface area contributed by atoms with Gasteiger partial charge in [0, 0.05) is 43.6 Å². The Bertz CT molecular complexity index is 1430. The topological polar surface area (TPSA) is 140 Å². The van der Waals surface area contributed by atoms with Gasteiger partial charge in [-0.05, 0) is 50.0 Å². The number of hydrogen-bond donors (Lipinski definition) is 3. The van der Waals surface area contributed by atoms with E-state index in [0.717, 1.165) is 87.4 Å². The average Bonchev–Trinajstić information content (AvgIpc) is 3.30. The maximum absolute atomic E-state index is 9.10. The molecule has 3 N–H and O–H groups in total. The molecule has 3 aliphatic heterocycles. The van der Waals surface area contributed by atoms with Crippen LogP contribution in [0.1, 0.15) is 37.8 Å². The van der Waals surface area contributed by atoms with E-state index in [2.05, 4.69) is 86.5 Å². The van der Waals surface area contributed by atoms with Crippen LogP contribution < -0.4 is 5.43 Å². The number of aliphatic carboxylic acids is 2. The largest absolute Gasteiger partial charge is 0.493 e. The number of aromatic nitrogens is 1. The first-order valence-electron chi connectivity index (χ1n) is 13.8. The van der Waals surface area contributed by atoms with Crippen LogP contribution in [0.15, 0.2) is 88.1 Å². The van der Waals surface area contributed by atoms with Crippen LogP contribution >= 0.6 is 0 Å². The Morgan fingerprint density at radius 3 is 2.68 bits per heavy atom. The number of piperidine rings is 1. The summed E-state index contributed by atoms with van der Waals surface area (Å²) in [5.74, 6) is -2.67. The maximum Gasteiger partial charge on any atom is 0.414 e. The number of para-hydroxylation sites is 1. The Labute approximate surface area is 238 Å². The minimum absolute atomic E-state index is 0.382. The van der Waals surface area contributed by atoms with E-state index in [1.165, 1.54) is 11.0 Å². The van der Waals surface area contributed by atoms with Gasteiger partial charge in [0.15, 0.2) is 5.66 Å². The highest BCUT2D eigenvalue weighted by Gasteiger charge is 2.46. The molecule has 0 radical (unpaired) electrons. The van der Waals surface area contributed by atoms with Gasteiger partial charge in [0.1, 0.15) is 5.76 Å². The number of nitrogens with one attached hydrogen (secondary N) is 1. The molecule has 1 aromatic heterocycles. The van der Waals surface area contributed by atoms with Gasteiger partial charge >= 0.3 is 11.9 Å². The number of benzene rings is 1. The molecule has 1 fully saturated rings. The van der Waals surface area contributed by atoms with Crippen LogP contribution in [0, 0.1) is 0 Å². The minimum atomic E-state index is -1.82. The molecule has 0 saturated carbocycles. The zero-order valence-electron chi connectivity index (χ0n) is 22.8. The quantitative estimate of drug-likeness (QED) is 0.349. The van der Waals surface area contributed by atoms with Gasteiger partial charge in [0.2, 0.25) is 0 Å². The van der Waals surface area contributed by atoms with Crippen LogP contribution in [0.4, 0.5) is 0 Å². The fourth-order valence-electron chi connectivity index (χ4n) is 5.43. The van der Waals surface area contributed by atoms with E-state index in [1.807, 2.05) is 6.07 Å². The molecular weight excluding hydrogens is 524 g/mol. The van der Waals surface area contributed by atoms with Crippen LogP contribution in [-0.4, -0.2) is 75.5 Å². The number of pyridine rings is 1. The number of rotatable bonds is 6. The highest BCUT2D eigenvalue weighted by Crippen LogP contribution is 2.39. The fourth-order valence-corrected chi connectivity index (χ4v) is 5.43. The summed E-state index contributed by atoms with van der Waals surface area (Å²) < 4.78 is 6.32. The smallest absolute Gasteiger partial charge is 0.414 e. The molecule has 6 rings (SSSR count). The molecule has 1 spiro atoms. The van der Waals surface area contributed by atoms with Gasteiger partial charge in [0.05, 0.1) is 17.8 Å². The van der Waals surface area contributed by atoms with E-state index < -0.39 is 11.9 Å². The number of nitrogens with zero attached hydrogens (tertiary/aromatic N) is 5. The number of carbonyl (C=O) groups is 2. The van der Waals surface area contributed by atoms with Crippen molar-refractivity contribution in [1.29, 1.82) is 0 Å². The summed E-state index contributed by atoms with van der Waals surface area (Å²) in [4.78, 5) is 25.6. The van der Waals surface area contributed by atoms with Gasteiger partial charge in [-0.15, -0.1) is 0 Å². The molecule has 0 amide bonds. The number of likely N-dealkylation sites (tertiary alicyclic amines) is 1. The Morgan fingerprint density at radius 2 is 1.88 bits per heavy atom. The van der Waals surface area contributed by atoms with Crippen molar-refractivity contribution < 1.29 is 24.5 Å². The number of carboxylic acid groups (broad SMARTS) is 2. The summed E-state index contributed by atoms with van der Waals surface area (Å²) in [6.45, 7) is 4.82. The zero-order valence-corrected chi connectivity index (χ0v) is 22.8. The second-order valence-electron chi connectivity index (χ2n) is 10.2. The molecular formula is C30H34N6O5. The van der Waals surface area contributed by atoms with Crippen molar-refractivity contribution in [2.24, 2.45) is 10.4 Å². The predicted molar refractivity (Wildman–Crippen MR) is 153 cm³/mol. The van der Waals surface area contributed by atoms with Gasteiger partial charge in [-0.1, -0.05) is 58.5 Å². The third-order valence-corrected chi connectivity index (χ3v) is 7.55. The standard InChI is InChI=1S/C28H32N6O.C2H2O4/c1-2-9-26-23(7-1)11-12-24(29-26)21-22-13-18-33(19-14-22)16-6-20-35-27-10-5-17-34-28(30-31-32-34)15-4-3-8-25(27)28;3-1(4)2(5)6/h1-4,7-12,21H,5-6,13-20H2,(H,30,32);(H,3,4)(H,5,6). The van der Waals surface area contributed by atoms with E-state index in [4.69, 9.17) is 29.5 Å². The lowest BCUT2D eigenvalue weighted by Crippen LogP contribution is -2.53. The molecule has 4 heterocycles. The molecule has 1 saturated heterocycles. The normalized spacial score (nSPS) is 21.4. The predicted octanol–water partition coefficient (Wildman–Crippen LogP) is 4.33. The Kier molecular flexibility index (Phi) is 8.73. The fraction of sp³-hybridized carbons (Fsp3) is 0.367. The van der Waals surface area contributed by atoms with Gasteiger partial charge in [-0.3, -0.25) is 5.43 Å². The monoisotopic (exact) mass is 558 g/mol. The van der Waals surface area contributed by atoms with Crippen molar-refractivity contribution in [2.75, 3.05) is 32.8 Å². The lowest BCUT2D eigenvalue weighted by molar-refractivity contribution is -0.159. The maximum atomic E-state index is 9.10. The average molecular weight is 559 g/mol. The zero-order chi connectivity index (χ0) is 28.7. The van der Waals surface area contributed by atoms with Gasteiger partial charge in [-0.25, -0.2) is 19.6 Å². The number of allylic oxidation sites excluding steroid dienone is 2. The van der Waals surface area contributed by atoms with Crippen LogP contribution in [0.25, 0.3) is 17.0 Å². The molecule has 41 heavy (non-hydrogen) atoms. The lowest BCUT2D eigenvalue weighted by Gasteiger charge is -2.37. The summed E-state index contributed by atoms with van der Waals surface area (Å²) in [5, 5.41) is 26.4. The van der Waals surface area contributed by atoms with Crippen molar-refractivity contribution in [3.05, 3.63) is 83.3 Å². The van der Waals surface area contributed by atoms with E-state index in [1.54, 1.807) is 0 Å². The molecule has 1 aliphatic carbocycles. The van der Waals surface area contributed by atoms with Crippen molar-refractivity contribution in [3.8, 4) is 0 Å². The first-order chi connectivity index (χ1) is 19.9.